The van der Waals surface area contributed by atoms with Crippen molar-refractivity contribution < 1.29 is 8.81 Å². The summed E-state index contributed by atoms with van der Waals surface area (Å²) in [6.45, 7) is 0. The first kappa shape index (κ1) is 11.8. The van der Waals surface area contributed by atoms with Crippen LogP contribution in [-0.4, -0.2) is 4.98 Å². The smallest absolute Gasteiger partial charge is 0.300 e. The molecule has 3 aromatic rings. The lowest BCUT2D eigenvalue weighted by Gasteiger charge is -2.03. The molecule has 1 heterocycles. The lowest BCUT2D eigenvalue weighted by molar-refractivity contribution is 0.612. The number of anilines is 3. The highest BCUT2D eigenvalue weighted by atomic mass is 35.5. The van der Waals surface area contributed by atoms with Gasteiger partial charge in [0.2, 0.25) is 0 Å². The molecule has 3 rings (SSSR count). The maximum Gasteiger partial charge on any atom is 0.300 e. The van der Waals surface area contributed by atoms with Crippen LogP contribution in [0.5, 0.6) is 0 Å². The number of aromatic nitrogens is 1. The standard InChI is InChI=1S/C13H9ClFN3O/c14-8-2-1-3-9(12(8)15)17-13-18-10-6-7(16)4-5-11(10)19-13/h1-6H,16H2,(H,17,18). The molecule has 0 fully saturated rings. The molecular formula is C13H9ClFN3O. The average Bonchev–Trinajstić information content (AvgIpc) is 2.76. The number of hydrogen-bond donors (Lipinski definition) is 2. The second kappa shape index (κ2) is 4.44. The summed E-state index contributed by atoms with van der Waals surface area (Å²) in [6.07, 6.45) is 0. The highest BCUT2D eigenvalue weighted by Gasteiger charge is 2.10. The third kappa shape index (κ3) is 2.20. The topological polar surface area (TPSA) is 64.1 Å². The molecule has 0 saturated heterocycles. The molecule has 1 aromatic heterocycles. The largest absolute Gasteiger partial charge is 0.423 e. The number of nitrogens with one attached hydrogen (secondary N) is 1. The van der Waals surface area contributed by atoms with Gasteiger partial charge in [-0.05, 0) is 30.3 Å². The molecule has 0 aliphatic heterocycles. The number of oxazole rings is 1. The van der Waals surface area contributed by atoms with Crippen LogP contribution in [0.1, 0.15) is 0 Å². The number of nitrogens with two attached hydrogens (primary N) is 1. The fourth-order valence-electron chi connectivity index (χ4n) is 1.71. The summed E-state index contributed by atoms with van der Waals surface area (Å²) in [6, 6.07) is 9.92. The van der Waals surface area contributed by atoms with Crippen LogP contribution < -0.4 is 11.1 Å². The Labute approximate surface area is 113 Å². The van der Waals surface area contributed by atoms with Crippen LogP contribution in [0.4, 0.5) is 21.8 Å². The van der Waals surface area contributed by atoms with E-state index in [0.29, 0.717) is 16.8 Å². The molecule has 6 heteroatoms. The first-order chi connectivity index (χ1) is 9.13. The van der Waals surface area contributed by atoms with Crippen LogP contribution in [0.3, 0.4) is 0 Å². The second-order valence-corrected chi connectivity index (χ2v) is 4.38. The predicted molar refractivity (Wildman–Crippen MR) is 73.1 cm³/mol. The van der Waals surface area contributed by atoms with Crippen molar-refractivity contribution in [3.63, 3.8) is 0 Å². The summed E-state index contributed by atoms with van der Waals surface area (Å²) in [5.41, 5.74) is 7.61. The van der Waals surface area contributed by atoms with E-state index in [1.54, 1.807) is 30.3 Å². The van der Waals surface area contributed by atoms with Gasteiger partial charge < -0.3 is 15.5 Å². The van der Waals surface area contributed by atoms with Crippen molar-refractivity contribution in [2.45, 2.75) is 0 Å². The van der Waals surface area contributed by atoms with Crippen molar-refractivity contribution in [2.75, 3.05) is 11.1 Å². The normalized spacial score (nSPS) is 10.8. The number of benzene rings is 2. The molecule has 0 unspecified atom stereocenters. The lowest BCUT2D eigenvalue weighted by Crippen LogP contribution is -1.94. The quantitative estimate of drug-likeness (QED) is 0.696. The van der Waals surface area contributed by atoms with Gasteiger partial charge in [0.05, 0.1) is 10.7 Å². The van der Waals surface area contributed by atoms with Crippen molar-refractivity contribution >= 4 is 40.1 Å². The van der Waals surface area contributed by atoms with Gasteiger partial charge in [0, 0.05) is 5.69 Å². The van der Waals surface area contributed by atoms with E-state index in [4.69, 9.17) is 21.8 Å². The fourth-order valence-corrected chi connectivity index (χ4v) is 1.89. The molecule has 0 saturated carbocycles. The number of fused-ring (bicyclic) bond motifs is 1. The SMILES string of the molecule is Nc1ccc2oc(Nc3cccc(Cl)c3F)nc2c1. The van der Waals surface area contributed by atoms with E-state index in [2.05, 4.69) is 10.3 Å². The molecule has 0 amide bonds. The number of halogens is 2. The highest BCUT2D eigenvalue weighted by Crippen LogP contribution is 2.27. The summed E-state index contributed by atoms with van der Waals surface area (Å²) >= 11 is 5.70. The average molecular weight is 278 g/mol. The number of rotatable bonds is 2. The maximum atomic E-state index is 13.7. The number of nitrogen functional groups attached to an aromatic ring is 1. The number of nitrogens with zero attached hydrogens (tertiary/aromatic N) is 1. The molecule has 19 heavy (non-hydrogen) atoms. The minimum atomic E-state index is -0.550. The summed E-state index contributed by atoms with van der Waals surface area (Å²) in [5.74, 6) is -0.550. The molecule has 0 atom stereocenters. The van der Waals surface area contributed by atoms with Crippen molar-refractivity contribution in [3.05, 3.63) is 47.2 Å². The van der Waals surface area contributed by atoms with Gasteiger partial charge in [-0.1, -0.05) is 17.7 Å². The third-order valence-electron chi connectivity index (χ3n) is 2.60. The Balaban J connectivity index is 1.99. The molecule has 0 radical (unpaired) electrons. The molecule has 3 N–H and O–H groups in total. The van der Waals surface area contributed by atoms with E-state index in [-0.39, 0.29) is 16.7 Å². The fraction of sp³-hybridized carbons (Fsp3) is 0. The monoisotopic (exact) mass is 277 g/mol. The van der Waals surface area contributed by atoms with Crippen LogP contribution in [0.15, 0.2) is 40.8 Å². The zero-order chi connectivity index (χ0) is 13.4. The summed E-state index contributed by atoms with van der Waals surface area (Å²) in [5, 5.41) is 2.78. The van der Waals surface area contributed by atoms with Crippen LogP contribution in [0.25, 0.3) is 11.1 Å². The predicted octanol–water partition coefficient (Wildman–Crippen LogP) is 3.95. The van der Waals surface area contributed by atoms with Crippen molar-refractivity contribution in [2.24, 2.45) is 0 Å². The van der Waals surface area contributed by atoms with E-state index in [1.165, 1.54) is 6.07 Å². The summed E-state index contributed by atoms with van der Waals surface area (Å²) in [4.78, 5) is 4.17. The zero-order valence-corrected chi connectivity index (χ0v) is 10.4. The first-order valence-corrected chi connectivity index (χ1v) is 5.88. The Morgan fingerprint density at radius 3 is 2.95 bits per heavy atom. The van der Waals surface area contributed by atoms with Crippen molar-refractivity contribution in [1.29, 1.82) is 0 Å². The van der Waals surface area contributed by atoms with E-state index >= 15 is 0 Å². The Bertz CT molecular complexity index is 757. The van der Waals surface area contributed by atoms with Crippen molar-refractivity contribution in [3.8, 4) is 0 Å². The lowest BCUT2D eigenvalue weighted by atomic mass is 10.3. The molecule has 0 spiro atoms. The molecule has 2 aromatic carbocycles. The Morgan fingerprint density at radius 2 is 2.11 bits per heavy atom. The van der Waals surface area contributed by atoms with Gasteiger partial charge in [-0.3, -0.25) is 0 Å². The van der Waals surface area contributed by atoms with Gasteiger partial charge >= 0.3 is 0 Å². The van der Waals surface area contributed by atoms with E-state index in [0.717, 1.165) is 0 Å². The Kier molecular flexibility index (Phi) is 2.76. The minimum absolute atomic E-state index is 0.0327. The van der Waals surface area contributed by atoms with E-state index in [1.807, 2.05) is 0 Å². The Hall–Kier alpha value is -2.27. The van der Waals surface area contributed by atoms with Gasteiger partial charge in [-0.25, -0.2) is 4.39 Å². The summed E-state index contributed by atoms with van der Waals surface area (Å²) < 4.78 is 19.2. The summed E-state index contributed by atoms with van der Waals surface area (Å²) in [7, 11) is 0. The van der Waals surface area contributed by atoms with Gasteiger partial charge in [0.25, 0.3) is 6.01 Å². The molecule has 0 aliphatic rings. The van der Waals surface area contributed by atoms with E-state index < -0.39 is 5.82 Å². The Morgan fingerprint density at radius 1 is 1.26 bits per heavy atom. The molecule has 4 nitrogen and oxygen atoms in total. The highest BCUT2D eigenvalue weighted by molar-refractivity contribution is 6.31. The molecular weight excluding hydrogens is 269 g/mol. The second-order valence-electron chi connectivity index (χ2n) is 3.97. The van der Waals surface area contributed by atoms with Crippen LogP contribution in [-0.2, 0) is 0 Å². The van der Waals surface area contributed by atoms with Gasteiger partial charge in [0.1, 0.15) is 5.52 Å². The minimum Gasteiger partial charge on any atom is -0.423 e. The zero-order valence-electron chi connectivity index (χ0n) is 9.65. The maximum absolute atomic E-state index is 13.7. The van der Waals surface area contributed by atoms with Gasteiger partial charge in [-0.2, -0.15) is 4.98 Å². The van der Waals surface area contributed by atoms with Crippen molar-refractivity contribution in [1.82, 2.24) is 4.98 Å². The van der Waals surface area contributed by atoms with Gasteiger partial charge in [-0.15, -0.1) is 0 Å². The first-order valence-electron chi connectivity index (χ1n) is 5.50. The van der Waals surface area contributed by atoms with Crippen LogP contribution in [0.2, 0.25) is 5.02 Å². The molecule has 0 bridgehead atoms. The molecule has 0 aliphatic carbocycles. The molecule has 96 valence electrons. The van der Waals surface area contributed by atoms with Crippen LogP contribution in [0, 0.1) is 5.82 Å². The van der Waals surface area contributed by atoms with E-state index in [9.17, 15) is 4.39 Å². The number of hydrogen-bond acceptors (Lipinski definition) is 4. The van der Waals surface area contributed by atoms with Gasteiger partial charge in [0.15, 0.2) is 11.4 Å². The van der Waals surface area contributed by atoms with Crippen LogP contribution >= 0.6 is 11.6 Å². The third-order valence-corrected chi connectivity index (χ3v) is 2.90.